The Morgan fingerprint density at radius 3 is 2.62 bits per heavy atom. The summed E-state index contributed by atoms with van der Waals surface area (Å²) in [6.07, 6.45) is -2.22. The quantitative estimate of drug-likeness (QED) is 0.667. The zero-order valence-electron chi connectivity index (χ0n) is 11.2. The van der Waals surface area contributed by atoms with Crippen molar-refractivity contribution in [3.05, 3.63) is 35.5 Å². The molecule has 2 atom stereocenters. The molecule has 21 heavy (non-hydrogen) atoms. The van der Waals surface area contributed by atoms with Crippen LogP contribution in [0.2, 0.25) is 0 Å². The van der Waals surface area contributed by atoms with E-state index >= 15 is 0 Å². The highest BCUT2D eigenvalue weighted by Crippen LogP contribution is 2.24. The normalized spacial score (nSPS) is 14.0. The van der Waals surface area contributed by atoms with Gasteiger partial charge in [0.25, 0.3) is 0 Å². The second kappa shape index (κ2) is 6.30. The number of nitrogens with one attached hydrogen (secondary N) is 1. The third-order valence-electron chi connectivity index (χ3n) is 3.04. The lowest BCUT2D eigenvalue weighted by Gasteiger charge is -2.17. The van der Waals surface area contributed by atoms with Gasteiger partial charge in [-0.05, 0) is 17.7 Å². The highest BCUT2D eigenvalue weighted by molar-refractivity contribution is 8.13. The Morgan fingerprint density at radius 2 is 2.00 bits per heavy atom. The maximum atomic E-state index is 10.9. The van der Waals surface area contributed by atoms with E-state index in [0.29, 0.717) is 16.5 Å². The lowest BCUT2D eigenvalue weighted by atomic mass is 10.0. The molecule has 0 radical (unpaired) electrons. The summed E-state index contributed by atoms with van der Waals surface area (Å²) in [4.78, 5) is 24.5. The molecule has 2 aromatic rings. The van der Waals surface area contributed by atoms with Gasteiger partial charge in [-0.2, -0.15) is 0 Å². The average molecular weight is 309 g/mol. The first-order chi connectivity index (χ1) is 9.88. The molecule has 1 aromatic heterocycles. The van der Waals surface area contributed by atoms with E-state index in [2.05, 4.69) is 4.98 Å². The molecule has 0 saturated carbocycles. The number of aromatic amines is 1. The maximum Gasteiger partial charge on any atom is 0.352 e. The van der Waals surface area contributed by atoms with Gasteiger partial charge in [0.15, 0.2) is 5.12 Å². The lowest BCUT2D eigenvalue weighted by molar-refractivity contribution is -0.109. The molecule has 4 N–H and O–H groups in total. The molecule has 7 heteroatoms. The Labute approximate surface area is 124 Å². The van der Waals surface area contributed by atoms with Crippen molar-refractivity contribution in [3.63, 3.8) is 0 Å². The first-order valence-electron chi connectivity index (χ1n) is 6.24. The van der Waals surface area contributed by atoms with Crippen LogP contribution in [-0.2, 0) is 4.79 Å². The molecule has 0 spiro atoms. The Kier molecular flexibility index (Phi) is 4.66. The number of carboxylic acid groups (broad SMARTS) is 1. The largest absolute Gasteiger partial charge is 0.477 e. The highest BCUT2D eigenvalue weighted by atomic mass is 32.2. The molecular formula is C14H15NO5S. The number of aliphatic hydroxyl groups is 2. The molecular weight excluding hydrogens is 294 g/mol. The van der Waals surface area contributed by atoms with Crippen molar-refractivity contribution in [2.24, 2.45) is 0 Å². The molecule has 0 amide bonds. The molecule has 0 saturated heterocycles. The van der Waals surface area contributed by atoms with E-state index in [1.165, 1.54) is 13.0 Å². The van der Waals surface area contributed by atoms with Crippen LogP contribution >= 0.6 is 11.8 Å². The summed E-state index contributed by atoms with van der Waals surface area (Å²) in [6.45, 7) is 1.39. The van der Waals surface area contributed by atoms with Gasteiger partial charge in [-0.1, -0.05) is 23.9 Å². The highest BCUT2D eigenvalue weighted by Gasteiger charge is 2.20. The van der Waals surface area contributed by atoms with Crippen LogP contribution in [0.3, 0.4) is 0 Å². The molecule has 0 fully saturated rings. The van der Waals surface area contributed by atoms with Gasteiger partial charge in [-0.15, -0.1) is 0 Å². The van der Waals surface area contributed by atoms with E-state index in [4.69, 9.17) is 5.11 Å². The summed E-state index contributed by atoms with van der Waals surface area (Å²) >= 11 is 0.940. The number of thioether (sulfide) groups is 1. The fourth-order valence-electron chi connectivity index (χ4n) is 1.96. The molecule has 0 aliphatic carbocycles. The van der Waals surface area contributed by atoms with Crippen LogP contribution in [0.1, 0.15) is 29.1 Å². The molecule has 2 unspecified atom stereocenters. The molecule has 0 aliphatic rings. The molecule has 6 nitrogen and oxygen atoms in total. The van der Waals surface area contributed by atoms with Gasteiger partial charge in [0.2, 0.25) is 0 Å². The number of hydrogen-bond donors (Lipinski definition) is 4. The number of carbonyl (C=O) groups excluding carboxylic acids is 1. The zero-order chi connectivity index (χ0) is 15.6. The number of carbonyl (C=O) groups is 2. The van der Waals surface area contributed by atoms with E-state index in [1.54, 1.807) is 18.2 Å². The first-order valence-corrected chi connectivity index (χ1v) is 7.22. The van der Waals surface area contributed by atoms with Crippen LogP contribution in [-0.4, -0.2) is 43.2 Å². The van der Waals surface area contributed by atoms with Gasteiger partial charge in [-0.25, -0.2) is 4.79 Å². The Hall–Kier alpha value is -1.83. The Bertz CT molecular complexity index is 681. The second-order valence-electron chi connectivity index (χ2n) is 4.65. The maximum absolute atomic E-state index is 10.9. The first kappa shape index (κ1) is 15.6. The smallest absolute Gasteiger partial charge is 0.352 e. The number of hydrogen-bond acceptors (Lipinski definition) is 5. The third-order valence-corrected chi connectivity index (χ3v) is 3.95. The van der Waals surface area contributed by atoms with Gasteiger partial charge in [0, 0.05) is 23.6 Å². The van der Waals surface area contributed by atoms with Gasteiger partial charge >= 0.3 is 5.97 Å². The summed E-state index contributed by atoms with van der Waals surface area (Å²) in [6, 6.07) is 6.37. The number of carboxylic acids is 1. The molecule has 112 valence electrons. The van der Waals surface area contributed by atoms with Crippen molar-refractivity contribution in [2.45, 2.75) is 19.1 Å². The van der Waals surface area contributed by atoms with Gasteiger partial charge in [0.05, 0.1) is 6.10 Å². The average Bonchev–Trinajstić information content (AvgIpc) is 2.86. The molecule has 1 heterocycles. The van der Waals surface area contributed by atoms with E-state index < -0.39 is 18.2 Å². The van der Waals surface area contributed by atoms with Crippen molar-refractivity contribution in [1.82, 2.24) is 4.98 Å². The zero-order valence-corrected chi connectivity index (χ0v) is 12.1. The SMILES string of the molecule is CC(=O)SCC(O)C(O)c1ccc2cc(C(=O)O)[nH]c2c1. The van der Waals surface area contributed by atoms with Crippen molar-refractivity contribution < 1.29 is 24.9 Å². The Balaban J connectivity index is 2.21. The van der Waals surface area contributed by atoms with Gasteiger partial charge in [0.1, 0.15) is 11.8 Å². The van der Waals surface area contributed by atoms with Crippen LogP contribution in [0.5, 0.6) is 0 Å². The van der Waals surface area contributed by atoms with Crippen LogP contribution in [0.25, 0.3) is 10.9 Å². The number of benzene rings is 1. The van der Waals surface area contributed by atoms with Gasteiger partial charge < -0.3 is 20.3 Å². The summed E-state index contributed by atoms with van der Waals surface area (Å²) in [7, 11) is 0. The van der Waals surface area contributed by atoms with E-state index in [1.807, 2.05) is 0 Å². The summed E-state index contributed by atoms with van der Waals surface area (Å²) < 4.78 is 0. The molecule has 0 bridgehead atoms. The summed E-state index contributed by atoms with van der Waals surface area (Å²) in [5, 5.41) is 29.4. The van der Waals surface area contributed by atoms with Crippen LogP contribution in [0, 0.1) is 0 Å². The van der Waals surface area contributed by atoms with Crippen molar-refractivity contribution in [1.29, 1.82) is 0 Å². The van der Waals surface area contributed by atoms with Crippen molar-refractivity contribution in [2.75, 3.05) is 5.75 Å². The summed E-state index contributed by atoms with van der Waals surface area (Å²) in [5.41, 5.74) is 1.08. The minimum absolute atomic E-state index is 0.0596. The molecule has 2 rings (SSSR count). The number of rotatable bonds is 5. The number of aliphatic hydroxyl groups excluding tert-OH is 2. The molecule has 1 aromatic carbocycles. The Morgan fingerprint density at radius 1 is 1.29 bits per heavy atom. The van der Waals surface area contributed by atoms with Crippen LogP contribution in [0.4, 0.5) is 0 Å². The van der Waals surface area contributed by atoms with Crippen molar-refractivity contribution >= 4 is 33.7 Å². The summed E-state index contributed by atoms with van der Waals surface area (Å²) in [5.74, 6) is -0.967. The van der Waals surface area contributed by atoms with E-state index in [-0.39, 0.29) is 16.6 Å². The minimum Gasteiger partial charge on any atom is -0.477 e. The fourth-order valence-corrected chi connectivity index (χ4v) is 2.55. The number of aromatic nitrogens is 1. The van der Waals surface area contributed by atoms with E-state index in [9.17, 15) is 19.8 Å². The van der Waals surface area contributed by atoms with Gasteiger partial charge in [-0.3, -0.25) is 4.79 Å². The number of fused-ring (bicyclic) bond motifs is 1. The molecule has 0 aliphatic heterocycles. The predicted molar refractivity (Wildman–Crippen MR) is 79.4 cm³/mol. The standard InChI is InChI=1S/C14H15NO5S/c1-7(16)21-6-12(17)13(18)9-3-2-8-4-11(14(19)20)15-10(8)5-9/h2-5,12-13,15,17-18H,6H2,1H3,(H,19,20). The second-order valence-corrected chi connectivity index (χ2v) is 5.85. The minimum atomic E-state index is -1.14. The monoisotopic (exact) mass is 309 g/mol. The van der Waals surface area contributed by atoms with Crippen LogP contribution in [0.15, 0.2) is 24.3 Å². The van der Waals surface area contributed by atoms with Crippen LogP contribution < -0.4 is 0 Å². The number of H-pyrrole nitrogens is 1. The lowest BCUT2D eigenvalue weighted by Crippen LogP contribution is -2.21. The van der Waals surface area contributed by atoms with E-state index in [0.717, 1.165) is 11.8 Å². The number of aromatic carboxylic acids is 1. The fraction of sp³-hybridized carbons (Fsp3) is 0.286. The predicted octanol–water partition coefficient (Wildman–Crippen LogP) is 1.54. The topological polar surface area (TPSA) is 111 Å². The van der Waals surface area contributed by atoms with Crippen molar-refractivity contribution in [3.8, 4) is 0 Å². The third kappa shape index (κ3) is 3.63.